The Kier molecular flexibility index (Phi) is 4.62. The van der Waals surface area contributed by atoms with E-state index < -0.39 is 12.0 Å². The highest BCUT2D eigenvalue weighted by Crippen LogP contribution is 2.25. The summed E-state index contributed by atoms with van der Waals surface area (Å²) < 4.78 is 0. The number of carboxylic acids is 1. The van der Waals surface area contributed by atoms with Gasteiger partial charge < -0.3 is 15.3 Å². The van der Waals surface area contributed by atoms with Crippen molar-refractivity contribution >= 4 is 29.1 Å². The number of hydrogen-bond acceptors (Lipinski definition) is 4. The summed E-state index contributed by atoms with van der Waals surface area (Å²) in [5.41, 5.74) is 1.11. The van der Waals surface area contributed by atoms with Gasteiger partial charge in [-0.2, -0.15) is 0 Å². The van der Waals surface area contributed by atoms with Crippen molar-refractivity contribution in [2.75, 3.05) is 13.1 Å². The van der Waals surface area contributed by atoms with Gasteiger partial charge in [-0.25, -0.2) is 4.79 Å². The fraction of sp³-hybridized carbons (Fsp3) is 0.500. The number of nitrogens with one attached hydrogen (secondary N) is 1. The van der Waals surface area contributed by atoms with Gasteiger partial charge in [0.1, 0.15) is 12.6 Å². The Balaban J connectivity index is 2.25. The van der Waals surface area contributed by atoms with E-state index in [-0.39, 0.29) is 24.9 Å². The molecule has 0 saturated carbocycles. The molecule has 1 aromatic rings. The summed E-state index contributed by atoms with van der Waals surface area (Å²) in [5, 5.41) is 11.7. The topological polar surface area (TPSA) is 86.7 Å². The first-order valence-corrected chi connectivity index (χ1v) is 7.65. The van der Waals surface area contributed by atoms with Crippen LogP contribution in [-0.4, -0.2) is 46.9 Å². The number of carbonyl (C=O) groups excluding carboxylic acids is 2. The Morgan fingerprint density at radius 1 is 1.52 bits per heavy atom. The van der Waals surface area contributed by atoms with Gasteiger partial charge >= 0.3 is 5.97 Å². The predicted octanol–water partition coefficient (Wildman–Crippen LogP) is 1.03. The highest BCUT2D eigenvalue weighted by atomic mass is 32.1. The third kappa shape index (κ3) is 3.24. The van der Waals surface area contributed by atoms with Gasteiger partial charge in [0.25, 0.3) is 5.91 Å². The van der Waals surface area contributed by atoms with Crippen LogP contribution >= 0.6 is 11.3 Å². The van der Waals surface area contributed by atoms with E-state index in [1.54, 1.807) is 0 Å². The summed E-state index contributed by atoms with van der Waals surface area (Å²) in [5.74, 6) is -1.82. The third-order valence-electron chi connectivity index (χ3n) is 3.48. The highest BCUT2D eigenvalue weighted by Gasteiger charge is 2.36. The SMILES string of the molecule is CCCc1cc(C(=O)N2CC(=O)NCC2C(=O)O)sc1C. The zero-order valence-electron chi connectivity index (χ0n) is 12.0. The monoisotopic (exact) mass is 310 g/mol. The number of aryl methyl sites for hydroxylation is 2. The maximum Gasteiger partial charge on any atom is 0.328 e. The summed E-state index contributed by atoms with van der Waals surface area (Å²) in [6, 6.07) is 0.810. The lowest BCUT2D eigenvalue weighted by molar-refractivity contribution is -0.144. The third-order valence-corrected chi connectivity index (χ3v) is 4.56. The lowest BCUT2D eigenvalue weighted by Crippen LogP contribution is -2.59. The number of amides is 2. The molecule has 1 unspecified atom stereocenters. The molecule has 1 aliphatic rings. The first kappa shape index (κ1) is 15.5. The summed E-state index contributed by atoms with van der Waals surface area (Å²) in [4.78, 5) is 37.9. The molecule has 1 aliphatic heterocycles. The van der Waals surface area contributed by atoms with E-state index in [2.05, 4.69) is 12.2 Å². The number of piperazine rings is 1. The summed E-state index contributed by atoms with van der Waals surface area (Å²) in [6.45, 7) is 3.75. The molecule has 1 saturated heterocycles. The van der Waals surface area contributed by atoms with Gasteiger partial charge in [0.05, 0.1) is 4.88 Å². The maximum absolute atomic E-state index is 12.5. The minimum Gasteiger partial charge on any atom is -0.480 e. The van der Waals surface area contributed by atoms with Crippen LogP contribution in [-0.2, 0) is 16.0 Å². The van der Waals surface area contributed by atoms with Crippen molar-refractivity contribution in [2.45, 2.75) is 32.7 Å². The largest absolute Gasteiger partial charge is 0.480 e. The molecule has 0 spiro atoms. The number of hydrogen-bond donors (Lipinski definition) is 2. The second-order valence-corrected chi connectivity index (χ2v) is 6.29. The Morgan fingerprint density at radius 2 is 2.24 bits per heavy atom. The van der Waals surface area contributed by atoms with Crippen molar-refractivity contribution < 1.29 is 19.5 Å². The molecule has 1 atom stereocenters. The molecule has 2 N–H and O–H groups in total. The zero-order chi connectivity index (χ0) is 15.6. The number of rotatable bonds is 4. The number of carboxylic acid groups (broad SMARTS) is 1. The van der Waals surface area contributed by atoms with Crippen LogP contribution in [0.1, 0.15) is 33.5 Å². The van der Waals surface area contributed by atoms with Crippen LogP contribution < -0.4 is 5.32 Å². The van der Waals surface area contributed by atoms with Gasteiger partial charge in [-0.05, 0) is 25.0 Å². The molecule has 0 aromatic carbocycles. The van der Waals surface area contributed by atoms with Crippen LogP contribution in [0.3, 0.4) is 0 Å². The fourth-order valence-corrected chi connectivity index (χ4v) is 3.39. The molecule has 2 amide bonds. The van der Waals surface area contributed by atoms with Gasteiger partial charge in [-0.1, -0.05) is 13.3 Å². The van der Waals surface area contributed by atoms with Crippen LogP contribution in [0, 0.1) is 6.92 Å². The summed E-state index contributed by atoms with van der Waals surface area (Å²) in [7, 11) is 0. The minimum atomic E-state index is -1.11. The zero-order valence-corrected chi connectivity index (χ0v) is 12.8. The second-order valence-electron chi connectivity index (χ2n) is 5.03. The predicted molar refractivity (Wildman–Crippen MR) is 78.5 cm³/mol. The first-order chi connectivity index (χ1) is 9.93. The molecular weight excluding hydrogens is 292 g/mol. The van der Waals surface area contributed by atoms with Crippen molar-refractivity contribution in [1.82, 2.24) is 10.2 Å². The Bertz CT molecular complexity index is 582. The van der Waals surface area contributed by atoms with E-state index in [0.29, 0.717) is 4.88 Å². The molecule has 1 fully saturated rings. The maximum atomic E-state index is 12.5. The summed E-state index contributed by atoms with van der Waals surface area (Å²) in [6.07, 6.45) is 1.87. The van der Waals surface area contributed by atoms with E-state index in [4.69, 9.17) is 0 Å². The van der Waals surface area contributed by atoms with E-state index in [0.717, 1.165) is 28.2 Å². The first-order valence-electron chi connectivity index (χ1n) is 6.83. The lowest BCUT2D eigenvalue weighted by Gasteiger charge is -2.32. The van der Waals surface area contributed by atoms with E-state index in [9.17, 15) is 19.5 Å². The average molecular weight is 310 g/mol. The normalized spacial score (nSPS) is 18.5. The fourth-order valence-electron chi connectivity index (χ4n) is 2.36. The molecule has 0 radical (unpaired) electrons. The van der Waals surface area contributed by atoms with Crippen LogP contribution in [0.5, 0.6) is 0 Å². The molecule has 0 aliphatic carbocycles. The van der Waals surface area contributed by atoms with Crippen molar-refractivity contribution in [2.24, 2.45) is 0 Å². The molecule has 21 heavy (non-hydrogen) atoms. The second kappa shape index (κ2) is 6.26. The van der Waals surface area contributed by atoms with Crippen LogP contribution in [0.25, 0.3) is 0 Å². The molecular formula is C14H18N2O4S. The van der Waals surface area contributed by atoms with Crippen LogP contribution in [0.2, 0.25) is 0 Å². The molecule has 2 heterocycles. The van der Waals surface area contributed by atoms with Gasteiger partial charge in [-0.15, -0.1) is 11.3 Å². The Labute approximate surface area is 126 Å². The molecule has 114 valence electrons. The average Bonchev–Trinajstić information content (AvgIpc) is 2.79. The van der Waals surface area contributed by atoms with Gasteiger partial charge in [0, 0.05) is 11.4 Å². The summed E-state index contributed by atoms with van der Waals surface area (Å²) >= 11 is 1.36. The minimum absolute atomic E-state index is 0.0495. The van der Waals surface area contributed by atoms with Gasteiger partial charge in [0.15, 0.2) is 0 Å². The van der Waals surface area contributed by atoms with E-state index in [1.807, 2.05) is 13.0 Å². The molecule has 1 aromatic heterocycles. The molecule has 2 rings (SSSR count). The van der Waals surface area contributed by atoms with Crippen molar-refractivity contribution in [3.63, 3.8) is 0 Å². The quantitative estimate of drug-likeness (QED) is 0.870. The molecule has 6 nitrogen and oxygen atoms in total. The van der Waals surface area contributed by atoms with Gasteiger partial charge in [-0.3, -0.25) is 9.59 Å². The Hall–Kier alpha value is -1.89. The lowest BCUT2D eigenvalue weighted by atomic mass is 10.1. The van der Waals surface area contributed by atoms with E-state index >= 15 is 0 Å². The number of nitrogens with zero attached hydrogens (tertiary/aromatic N) is 1. The van der Waals surface area contributed by atoms with E-state index in [1.165, 1.54) is 11.3 Å². The van der Waals surface area contributed by atoms with Crippen LogP contribution in [0.4, 0.5) is 0 Å². The standard InChI is InChI=1S/C14H18N2O4S/c1-3-4-9-5-11(21-8(9)2)13(18)16-7-12(17)15-6-10(16)14(19)20/h5,10H,3-4,6-7H2,1-2H3,(H,15,17)(H,19,20). The number of carbonyl (C=O) groups is 3. The highest BCUT2D eigenvalue weighted by molar-refractivity contribution is 7.14. The molecule has 7 heteroatoms. The van der Waals surface area contributed by atoms with Crippen molar-refractivity contribution in [3.05, 3.63) is 21.4 Å². The number of aliphatic carboxylic acids is 1. The number of thiophene rings is 1. The Morgan fingerprint density at radius 3 is 2.86 bits per heavy atom. The van der Waals surface area contributed by atoms with Crippen molar-refractivity contribution in [1.29, 1.82) is 0 Å². The van der Waals surface area contributed by atoms with Crippen LogP contribution in [0.15, 0.2) is 6.07 Å². The van der Waals surface area contributed by atoms with Crippen molar-refractivity contribution in [3.8, 4) is 0 Å². The van der Waals surface area contributed by atoms with Gasteiger partial charge in [0.2, 0.25) is 5.91 Å². The molecule has 0 bridgehead atoms. The smallest absolute Gasteiger partial charge is 0.328 e.